The molecule has 4 heteroatoms. The predicted molar refractivity (Wildman–Crippen MR) is 48.4 cm³/mol. The van der Waals surface area contributed by atoms with Gasteiger partial charge in [0, 0.05) is 10.9 Å². The summed E-state index contributed by atoms with van der Waals surface area (Å²) >= 11 is 9.05. The lowest BCUT2D eigenvalue weighted by Crippen LogP contribution is -1.88. The maximum atomic E-state index is 5.76. The maximum Gasteiger partial charge on any atom is 0.137 e. The first kappa shape index (κ1) is 8.81. The zero-order valence-electron chi connectivity index (χ0n) is 5.97. The van der Waals surface area contributed by atoms with Crippen molar-refractivity contribution in [1.82, 2.24) is 4.98 Å². The molecule has 0 atom stereocenters. The normalized spacial score (nSPS) is 9.73. The zero-order valence-corrected chi connectivity index (χ0v) is 8.32. The molecular formula is C7H7BrClNO. The minimum Gasteiger partial charge on any atom is -0.495 e. The highest BCUT2D eigenvalue weighted by Crippen LogP contribution is 2.20. The number of halogens is 2. The van der Waals surface area contributed by atoms with Gasteiger partial charge in [-0.25, -0.2) is 4.98 Å². The Hall–Kier alpha value is -0.280. The van der Waals surface area contributed by atoms with E-state index in [4.69, 9.17) is 16.3 Å². The Morgan fingerprint density at radius 2 is 2.45 bits per heavy atom. The van der Waals surface area contributed by atoms with Crippen molar-refractivity contribution in [2.75, 3.05) is 7.11 Å². The molecule has 0 unspecified atom stereocenters. The van der Waals surface area contributed by atoms with Crippen LogP contribution in [0.2, 0.25) is 5.15 Å². The Kier molecular flexibility index (Phi) is 3.15. The Morgan fingerprint density at radius 3 is 3.00 bits per heavy atom. The molecule has 0 N–H and O–H groups in total. The van der Waals surface area contributed by atoms with Crippen molar-refractivity contribution in [2.45, 2.75) is 5.33 Å². The molecule has 0 bridgehead atoms. The monoisotopic (exact) mass is 235 g/mol. The second-order valence-electron chi connectivity index (χ2n) is 1.96. The molecule has 0 aliphatic heterocycles. The number of aromatic nitrogens is 1. The van der Waals surface area contributed by atoms with Gasteiger partial charge in [-0.05, 0) is 6.07 Å². The van der Waals surface area contributed by atoms with Gasteiger partial charge in [-0.1, -0.05) is 27.5 Å². The summed E-state index contributed by atoms with van der Waals surface area (Å²) in [5, 5.41) is 1.21. The molecule has 0 spiro atoms. The third-order valence-corrected chi connectivity index (χ3v) is 2.21. The highest BCUT2D eigenvalue weighted by Gasteiger charge is 2.00. The van der Waals surface area contributed by atoms with E-state index in [1.807, 2.05) is 6.07 Å². The van der Waals surface area contributed by atoms with Gasteiger partial charge in [0.25, 0.3) is 0 Å². The lowest BCUT2D eigenvalue weighted by molar-refractivity contribution is 0.412. The largest absolute Gasteiger partial charge is 0.495 e. The quantitative estimate of drug-likeness (QED) is 0.582. The fraction of sp³-hybridized carbons (Fsp3) is 0.286. The average Bonchev–Trinajstić information content (AvgIpc) is 2.05. The molecule has 0 radical (unpaired) electrons. The summed E-state index contributed by atoms with van der Waals surface area (Å²) in [6, 6.07) is 1.85. The third-order valence-electron chi connectivity index (χ3n) is 1.27. The third kappa shape index (κ3) is 2.07. The first-order valence-electron chi connectivity index (χ1n) is 3.02. The summed E-state index contributed by atoms with van der Waals surface area (Å²) < 4.78 is 4.97. The number of methoxy groups -OCH3 is 1. The molecule has 2 nitrogen and oxygen atoms in total. The molecule has 11 heavy (non-hydrogen) atoms. The summed E-state index contributed by atoms with van der Waals surface area (Å²) in [5.41, 5.74) is 0.936. The van der Waals surface area contributed by atoms with Gasteiger partial charge < -0.3 is 4.74 Å². The van der Waals surface area contributed by atoms with Crippen molar-refractivity contribution in [3.05, 3.63) is 23.0 Å². The number of hydrogen-bond acceptors (Lipinski definition) is 2. The van der Waals surface area contributed by atoms with Gasteiger partial charge in [0.1, 0.15) is 10.9 Å². The van der Waals surface area contributed by atoms with Gasteiger partial charge in [0.2, 0.25) is 0 Å². The second-order valence-corrected chi connectivity index (χ2v) is 2.88. The molecular weight excluding hydrogens is 229 g/mol. The van der Waals surface area contributed by atoms with E-state index in [1.54, 1.807) is 13.3 Å². The second kappa shape index (κ2) is 3.93. The minimum atomic E-state index is 0.516. The zero-order chi connectivity index (χ0) is 8.27. The van der Waals surface area contributed by atoms with Crippen molar-refractivity contribution < 1.29 is 4.74 Å². The van der Waals surface area contributed by atoms with Gasteiger partial charge in [-0.15, -0.1) is 0 Å². The van der Waals surface area contributed by atoms with Crippen LogP contribution in [0.15, 0.2) is 12.3 Å². The van der Waals surface area contributed by atoms with E-state index in [1.165, 1.54) is 0 Å². The van der Waals surface area contributed by atoms with Crippen LogP contribution in [0.25, 0.3) is 0 Å². The highest BCUT2D eigenvalue weighted by atomic mass is 79.9. The topological polar surface area (TPSA) is 22.1 Å². The Morgan fingerprint density at radius 1 is 1.73 bits per heavy atom. The summed E-state index contributed by atoms with van der Waals surface area (Å²) in [7, 11) is 1.60. The molecule has 0 aliphatic carbocycles. The number of rotatable bonds is 2. The fourth-order valence-electron chi connectivity index (χ4n) is 0.677. The standard InChI is InChI=1S/C7H7BrClNO/c1-11-6-2-5(3-8)7(9)10-4-6/h2,4H,3H2,1H3. The number of hydrogen-bond donors (Lipinski definition) is 0. The van der Waals surface area contributed by atoms with E-state index < -0.39 is 0 Å². The van der Waals surface area contributed by atoms with E-state index in [2.05, 4.69) is 20.9 Å². The van der Waals surface area contributed by atoms with E-state index in [-0.39, 0.29) is 0 Å². The molecule has 0 aliphatic rings. The van der Waals surface area contributed by atoms with Crippen LogP contribution in [-0.4, -0.2) is 12.1 Å². The van der Waals surface area contributed by atoms with Gasteiger partial charge in [0.15, 0.2) is 0 Å². The fourth-order valence-corrected chi connectivity index (χ4v) is 1.44. The van der Waals surface area contributed by atoms with Crippen molar-refractivity contribution in [2.24, 2.45) is 0 Å². The lowest BCUT2D eigenvalue weighted by Gasteiger charge is -2.01. The van der Waals surface area contributed by atoms with Gasteiger partial charge in [0.05, 0.1) is 13.3 Å². The summed E-state index contributed by atoms with van der Waals surface area (Å²) in [5.74, 6) is 0.726. The van der Waals surface area contributed by atoms with Crippen LogP contribution in [0.3, 0.4) is 0 Å². The Labute approximate surface area is 78.7 Å². The van der Waals surface area contributed by atoms with Crippen LogP contribution in [0.1, 0.15) is 5.56 Å². The van der Waals surface area contributed by atoms with Crippen molar-refractivity contribution >= 4 is 27.5 Å². The smallest absolute Gasteiger partial charge is 0.137 e. The van der Waals surface area contributed by atoms with Crippen LogP contribution < -0.4 is 4.74 Å². The molecule has 1 rings (SSSR count). The number of pyridine rings is 1. The van der Waals surface area contributed by atoms with Crippen LogP contribution in [0.5, 0.6) is 5.75 Å². The van der Waals surface area contributed by atoms with E-state index in [0.717, 1.165) is 11.3 Å². The number of alkyl halides is 1. The number of nitrogens with zero attached hydrogens (tertiary/aromatic N) is 1. The summed E-state index contributed by atoms with van der Waals surface area (Å²) in [6.45, 7) is 0. The van der Waals surface area contributed by atoms with Crippen molar-refractivity contribution in [3.8, 4) is 5.75 Å². The maximum absolute atomic E-state index is 5.76. The van der Waals surface area contributed by atoms with E-state index in [9.17, 15) is 0 Å². The molecule has 60 valence electrons. The van der Waals surface area contributed by atoms with E-state index in [0.29, 0.717) is 10.5 Å². The molecule has 1 aromatic heterocycles. The molecule has 1 aromatic rings. The predicted octanol–water partition coefficient (Wildman–Crippen LogP) is 2.64. The molecule has 0 fully saturated rings. The summed E-state index contributed by atoms with van der Waals surface area (Å²) in [6.07, 6.45) is 1.59. The van der Waals surface area contributed by atoms with Gasteiger partial charge in [-0.2, -0.15) is 0 Å². The molecule has 1 heterocycles. The van der Waals surface area contributed by atoms with Gasteiger partial charge >= 0.3 is 0 Å². The van der Waals surface area contributed by atoms with Crippen molar-refractivity contribution in [3.63, 3.8) is 0 Å². The molecule has 0 amide bonds. The summed E-state index contributed by atoms with van der Waals surface area (Å²) in [4.78, 5) is 3.93. The minimum absolute atomic E-state index is 0.516. The first-order chi connectivity index (χ1) is 5.27. The van der Waals surface area contributed by atoms with Crippen LogP contribution in [0.4, 0.5) is 0 Å². The van der Waals surface area contributed by atoms with E-state index >= 15 is 0 Å². The molecule has 0 saturated carbocycles. The average molecular weight is 236 g/mol. The van der Waals surface area contributed by atoms with Gasteiger partial charge in [-0.3, -0.25) is 0 Å². The Balaban J connectivity index is 3.02. The Bertz CT molecular complexity index is 254. The highest BCUT2D eigenvalue weighted by molar-refractivity contribution is 9.08. The molecule has 0 aromatic carbocycles. The first-order valence-corrected chi connectivity index (χ1v) is 4.52. The lowest BCUT2D eigenvalue weighted by atomic mass is 10.3. The number of ether oxygens (including phenoxy) is 1. The van der Waals surface area contributed by atoms with Crippen molar-refractivity contribution in [1.29, 1.82) is 0 Å². The van der Waals surface area contributed by atoms with Crippen LogP contribution in [-0.2, 0) is 5.33 Å². The SMILES string of the molecule is COc1cnc(Cl)c(CBr)c1. The van der Waals surface area contributed by atoms with Crippen LogP contribution >= 0.6 is 27.5 Å². The van der Waals surface area contributed by atoms with Crippen LogP contribution in [0, 0.1) is 0 Å². The molecule has 0 saturated heterocycles.